The summed E-state index contributed by atoms with van der Waals surface area (Å²) in [6.07, 6.45) is 1.49. The van der Waals surface area contributed by atoms with Gasteiger partial charge in [-0.05, 0) is 60.9 Å². The third-order valence-corrected chi connectivity index (χ3v) is 8.56. The number of nitrogens with one attached hydrogen (secondary N) is 4. The van der Waals surface area contributed by atoms with Crippen molar-refractivity contribution in [2.24, 2.45) is 0 Å². The first-order valence-corrected chi connectivity index (χ1v) is 14.3. The molecule has 2 aliphatic rings. The van der Waals surface area contributed by atoms with Gasteiger partial charge in [0.05, 0.1) is 15.9 Å². The molecule has 2 fully saturated rings. The van der Waals surface area contributed by atoms with E-state index in [0.29, 0.717) is 53.2 Å². The molecular weight excluding hydrogens is 544 g/mol. The first kappa shape index (κ1) is 26.7. The van der Waals surface area contributed by atoms with E-state index in [-0.39, 0.29) is 17.7 Å². The maximum absolute atomic E-state index is 13.4. The zero-order valence-electron chi connectivity index (χ0n) is 22.1. The lowest BCUT2D eigenvalue weighted by Crippen LogP contribution is -2.53. The normalized spacial score (nSPS) is 17.1. The lowest BCUT2D eigenvalue weighted by molar-refractivity contribution is -0.135. The van der Waals surface area contributed by atoms with E-state index in [1.165, 1.54) is 17.4 Å². The number of hydrogen-bond donors (Lipinski definition) is 4. The Kier molecular flexibility index (Phi) is 7.25. The van der Waals surface area contributed by atoms with Crippen LogP contribution in [0, 0.1) is 0 Å². The number of aromatic nitrogens is 2. The van der Waals surface area contributed by atoms with Gasteiger partial charge >= 0.3 is 11.1 Å². The molecule has 0 aliphatic carbocycles. The summed E-state index contributed by atoms with van der Waals surface area (Å²) in [6, 6.07) is 15.2. The van der Waals surface area contributed by atoms with Crippen molar-refractivity contribution in [3.8, 4) is 10.4 Å². The molecule has 4 heterocycles. The highest BCUT2D eigenvalue weighted by atomic mass is 32.1. The van der Waals surface area contributed by atoms with Crippen molar-refractivity contribution in [1.29, 1.82) is 0 Å². The second kappa shape index (κ2) is 11.1. The van der Waals surface area contributed by atoms with Gasteiger partial charge in [-0.3, -0.25) is 24.0 Å². The minimum Gasteiger partial charge on any atom is -0.338 e. The molecular formula is C29H28N6O5S. The van der Waals surface area contributed by atoms with Crippen LogP contribution in [0.1, 0.15) is 32.9 Å². The van der Waals surface area contributed by atoms with E-state index in [0.717, 1.165) is 30.0 Å². The second-order valence-electron chi connectivity index (χ2n) is 10.1. The van der Waals surface area contributed by atoms with Crippen molar-refractivity contribution in [3.63, 3.8) is 0 Å². The van der Waals surface area contributed by atoms with Crippen molar-refractivity contribution in [2.45, 2.75) is 18.9 Å². The van der Waals surface area contributed by atoms with Gasteiger partial charge in [-0.1, -0.05) is 12.1 Å². The van der Waals surface area contributed by atoms with Crippen molar-refractivity contribution < 1.29 is 14.4 Å². The highest BCUT2D eigenvalue weighted by Crippen LogP contribution is 2.32. The number of carbonyl (C=O) groups is 3. The molecule has 2 aromatic carbocycles. The van der Waals surface area contributed by atoms with Gasteiger partial charge in [0.1, 0.15) is 6.04 Å². The first-order chi connectivity index (χ1) is 19.9. The molecule has 0 spiro atoms. The van der Waals surface area contributed by atoms with E-state index in [9.17, 15) is 24.0 Å². The summed E-state index contributed by atoms with van der Waals surface area (Å²) in [7, 11) is 0. The highest BCUT2D eigenvalue weighted by Gasteiger charge is 2.37. The zero-order valence-corrected chi connectivity index (χ0v) is 22.9. The monoisotopic (exact) mass is 572 g/mol. The number of thiophene rings is 1. The molecule has 4 aromatic rings. The molecule has 41 heavy (non-hydrogen) atoms. The largest absolute Gasteiger partial charge is 0.338 e. The van der Waals surface area contributed by atoms with E-state index in [1.54, 1.807) is 29.2 Å². The van der Waals surface area contributed by atoms with E-state index < -0.39 is 17.2 Å². The highest BCUT2D eigenvalue weighted by molar-refractivity contribution is 7.17. The molecule has 11 nitrogen and oxygen atoms in total. The number of rotatable bonds is 5. The predicted octanol–water partition coefficient (Wildman–Crippen LogP) is 2.23. The van der Waals surface area contributed by atoms with Crippen LogP contribution < -0.4 is 21.8 Å². The maximum atomic E-state index is 13.4. The Hall–Kier alpha value is -4.55. The van der Waals surface area contributed by atoms with Gasteiger partial charge < -0.3 is 30.4 Å². The van der Waals surface area contributed by atoms with Gasteiger partial charge in [0.15, 0.2) is 0 Å². The molecule has 6 rings (SSSR count). The van der Waals surface area contributed by atoms with E-state index in [4.69, 9.17) is 0 Å². The predicted molar refractivity (Wildman–Crippen MR) is 156 cm³/mol. The average molecular weight is 573 g/mol. The van der Waals surface area contributed by atoms with E-state index in [1.807, 2.05) is 29.2 Å². The van der Waals surface area contributed by atoms with Crippen molar-refractivity contribution in [3.05, 3.63) is 85.7 Å². The van der Waals surface area contributed by atoms with Crippen molar-refractivity contribution in [2.75, 3.05) is 38.0 Å². The van der Waals surface area contributed by atoms with Gasteiger partial charge in [0.25, 0.3) is 11.8 Å². The maximum Gasteiger partial charge on any atom is 0.314 e. The number of benzene rings is 2. The summed E-state index contributed by atoms with van der Waals surface area (Å²) < 4.78 is 0. The van der Waals surface area contributed by atoms with Crippen molar-refractivity contribution >= 4 is 45.8 Å². The molecule has 0 saturated carbocycles. The summed E-state index contributed by atoms with van der Waals surface area (Å²) in [5.41, 5.74) is 0.931. The topological polar surface area (TPSA) is 147 Å². The number of piperazine rings is 1. The molecule has 1 unspecified atom stereocenters. The number of nitrogens with zero attached hydrogens (tertiary/aromatic N) is 2. The Labute approximate surface area is 238 Å². The summed E-state index contributed by atoms with van der Waals surface area (Å²) >= 11 is 1.36. The lowest BCUT2D eigenvalue weighted by atomic mass is 10.1. The lowest BCUT2D eigenvalue weighted by Gasteiger charge is -2.32. The van der Waals surface area contributed by atoms with Crippen LogP contribution in [0.4, 0.5) is 5.69 Å². The van der Waals surface area contributed by atoms with Crippen LogP contribution in [0.25, 0.3) is 21.5 Å². The molecule has 0 radical (unpaired) electrons. The first-order valence-electron chi connectivity index (χ1n) is 13.5. The molecule has 12 heteroatoms. The number of carbonyl (C=O) groups excluding carboxylic acids is 3. The number of amides is 3. The van der Waals surface area contributed by atoms with E-state index >= 15 is 0 Å². The number of fused-ring (bicyclic) bond motifs is 1. The zero-order chi connectivity index (χ0) is 28.5. The summed E-state index contributed by atoms with van der Waals surface area (Å²) in [4.78, 5) is 72.7. The number of anilines is 1. The van der Waals surface area contributed by atoms with Crippen LogP contribution in [-0.4, -0.2) is 76.3 Å². The molecule has 3 amide bonds. The fraction of sp³-hybridized carbons (Fsp3) is 0.276. The summed E-state index contributed by atoms with van der Waals surface area (Å²) in [5, 5.41) is 6.12. The number of hydrogen-bond acceptors (Lipinski definition) is 7. The Morgan fingerprint density at radius 3 is 2.46 bits per heavy atom. The molecule has 4 N–H and O–H groups in total. The minimum absolute atomic E-state index is 0.0311. The van der Waals surface area contributed by atoms with Crippen LogP contribution in [0.15, 0.2) is 64.2 Å². The van der Waals surface area contributed by atoms with Gasteiger partial charge in [-0.15, -0.1) is 11.3 Å². The fourth-order valence-electron chi connectivity index (χ4n) is 5.32. The molecule has 2 saturated heterocycles. The Morgan fingerprint density at radius 1 is 0.878 bits per heavy atom. The molecule has 2 aromatic heterocycles. The van der Waals surface area contributed by atoms with Crippen LogP contribution >= 0.6 is 11.3 Å². The second-order valence-corrected chi connectivity index (χ2v) is 11.2. The Balaban J connectivity index is 1.16. The summed E-state index contributed by atoms with van der Waals surface area (Å²) in [5.74, 6) is -0.483. The van der Waals surface area contributed by atoms with E-state index in [2.05, 4.69) is 20.6 Å². The average Bonchev–Trinajstić information content (AvgIpc) is 3.68. The quantitative estimate of drug-likeness (QED) is 0.270. The van der Waals surface area contributed by atoms with Crippen molar-refractivity contribution in [1.82, 2.24) is 25.1 Å². The van der Waals surface area contributed by atoms with Gasteiger partial charge in [0, 0.05) is 48.9 Å². The standard InChI is InChI=1S/C29H28N6O5S/c36-25(18-6-7-20-21(16-18)33-27(38)26(37)32-20)31-19-4-1-3-17(15-19)23-8-9-24(41-23)29(40)35-12-2-5-22(35)28(39)34-13-10-30-11-14-34/h1,3-4,6-9,15-16,22,30H,2,5,10-14H2,(H,31,36)(H,32,37)(H,33,38). The Bertz CT molecular complexity index is 1770. The van der Waals surface area contributed by atoms with Crippen LogP contribution in [-0.2, 0) is 4.79 Å². The third-order valence-electron chi connectivity index (χ3n) is 7.43. The fourth-order valence-corrected chi connectivity index (χ4v) is 6.28. The van der Waals surface area contributed by atoms with Crippen LogP contribution in [0.2, 0.25) is 0 Å². The van der Waals surface area contributed by atoms with Crippen LogP contribution in [0.5, 0.6) is 0 Å². The number of H-pyrrole nitrogens is 2. The van der Waals surface area contributed by atoms with Gasteiger partial charge in [-0.25, -0.2) is 0 Å². The Morgan fingerprint density at radius 2 is 1.66 bits per heavy atom. The molecule has 0 bridgehead atoms. The molecule has 210 valence electrons. The molecule has 2 aliphatic heterocycles. The van der Waals surface area contributed by atoms with Crippen LogP contribution in [0.3, 0.4) is 0 Å². The third kappa shape index (κ3) is 5.43. The smallest absolute Gasteiger partial charge is 0.314 e. The van der Waals surface area contributed by atoms with Gasteiger partial charge in [0.2, 0.25) is 5.91 Å². The molecule has 1 atom stereocenters. The minimum atomic E-state index is -0.789. The number of aromatic amines is 2. The SMILES string of the molecule is O=C(Nc1cccc(-c2ccc(C(=O)N3CCCC3C(=O)N3CCNCC3)s2)c1)c1ccc2[nH]c(=O)c(=O)[nH]c2c1. The van der Waals surface area contributed by atoms with Gasteiger partial charge in [-0.2, -0.15) is 0 Å². The number of likely N-dealkylation sites (tertiary alicyclic amines) is 1. The summed E-state index contributed by atoms with van der Waals surface area (Å²) in [6.45, 7) is 3.43.